The molecule has 6 heteroatoms. The molecule has 1 aromatic carbocycles. The summed E-state index contributed by atoms with van der Waals surface area (Å²) in [5.41, 5.74) is -0.513. The average Bonchev–Trinajstić information content (AvgIpc) is 2.30. The number of carbonyl (C=O) groups excluding carboxylic acids is 1. The Labute approximate surface area is 104 Å². The van der Waals surface area contributed by atoms with Gasteiger partial charge in [0.2, 0.25) is 0 Å². The van der Waals surface area contributed by atoms with E-state index in [9.17, 15) is 14.9 Å². The van der Waals surface area contributed by atoms with E-state index in [1.54, 1.807) is 6.92 Å². The van der Waals surface area contributed by atoms with Crippen molar-refractivity contribution in [1.82, 2.24) is 0 Å². The summed E-state index contributed by atoms with van der Waals surface area (Å²) in [4.78, 5) is 22.1. The fraction of sp³-hybridized carbons (Fsp3) is 0.417. The Bertz CT molecular complexity index is 513. The molecule has 1 aliphatic rings. The molecule has 0 aromatic heterocycles. The van der Waals surface area contributed by atoms with Crippen LogP contribution in [-0.2, 0) is 16.0 Å². The van der Waals surface area contributed by atoms with E-state index in [2.05, 4.69) is 0 Å². The normalized spacial score (nSPS) is 22.2. The number of Topliss-reactive ketones (excluding diaryl/α,β-unsaturated/α-hetero) is 1. The van der Waals surface area contributed by atoms with Crippen LogP contribution in [0.2, 0.25) is 0 Å². The molecule has 2 rings (SSSR count). The zero-order valence-electron chi connectivity index (χ0n) is 10.1. The summed E-state index contributed by atoms with van der Waals surface area (Å²) in [6.07, 6.45) is 0.122. The number of methoxy groups -OCH3 is 1. The first-order valence-electron chi connectivity index (χ1n) is 5.45. The van der Waals surface area contributed by atoms with Crippen LogP contribution in [0.25, 0.3) is 0 Å². The summed E-state index contributed by atoms with van der Waals surface area (Å²) >= 11 is 0. The van der Waals surface area contributed by atoms with Gasteiger partial charge in [0, 0.05) is 31.2 Å². The first-order valence-corrected chi connectivity index (χ1v) is 5.45. The SMILES string of the molecule is COCC1(C)Oc2ccc([N+](=O)[O-])cc2CC1=O. The van der Waals surface area contributed by atoms with E-state index >= 15 is 0 Å². The van der Waals surface area contributed by atoms with Gasteiger partial charge in [-0.3, -0.25) is 14.9 Å². The van der Waals surface area contributed by atoms with Gasteiger partial charge in [0.15, 0.2) is 11.4 Å². The lowest BCUT2D eigenvalue weighted by Gasteiger charge is -2.33. The van der Waals surface area contributed by atoms with Crippen LogP contribution >= 0.6 is 0 Å². The molecule has 1 aliphatic heterocycles. The zero-order chi connectivity index (χ0) is 13.3. The minimum absolute atomic E-state index is 0.0412. The lowest BCUT2D eigenvalue weighted by molar-refractivity contribution is -0.384. The summed E-state index contributed by atoms with van der Waals surface area (Å²) in [6, 6.07) is 4.26. The third-order valence-corrected chi connectivity index (χ3v) is 2.95. The van der Waals surface area contributed by atoms with Crippen LogP contribution < -0.4 is 4.74 Å². The van der Waals surface area contributed by atoms with Crippen molar-refractivity contribution in [2.45, 2.75) is 18.9 Å². The highest BCUT2D eigenvalue weighted by atomic mass is 16.6. The number of hydrogen-bond acceptors (Lipinski definition) is 5. The van der Waals surface area contributed by atoms with Crippen LogP contribution in [0.1, 0.15) is 12.5 Å². The second kappa shape index (κ2) is 4.38. The van der Waals surface area contributed by atoms with Crippen LogP contribution in [0, 0.1) is 10.1 Å². The Morgan fingerprint density at radius 2 is 2.28 bits per heavy atom. The van der Waals surface area contributed by atoms with Crippen LogP contribution in [0.15, 0.2) is 18.2 Å². The third-order valence-electron chi connectivity index (χ3n) is 2.95. The summed E-state index contributed by atoms with van der Waals surface area (Å²) in [6.45, 7) is 1.81. The first-order chi connectivity index (χ1) is 8.46. The Kier molecular flexibility index (Phi) is 3.04. The number of nitro benzene ring substituents is 1. The molecule has 1 atom stereocenters. The Morgan fingerprint density at radius 3 is 2.89 bits per heavy atom. The molecule has 0 spiro atoms. The summed E-state index contributed by atoms with van der Waals surface area (Å²) in [5.74, 6) is 0.358. The van der Waals surface area contributed by atoms with Gasteiger partial charge in [0.25, 0.3) is 5.69 Å². The Morgan fingerprint density at radius 1 is 1.56 bits per heavy atom. The number of fused-ring (bicyclic) bond motifs is 1. The Balaban J connectivity index is 2.36. The molecule has 1 heterocycles. The maximum Gasteiger partial charge on any atom is 0.269 e. The molecule has 96 valence electrons. The van der Waals surface area contributed by atoms with Crippen LogP contribution in [0.4, 0.5) is 5.69 Å². The second-order valence-corrected chi connectivity index (χ2v) is 4.42. The van der Waals surface area contributed by atoms with Gasteiger partial charge in [-0.05, 0) is 13.0 Å². The zero-order valence-corrected chi connectivity index (χ0v) is 10.1. The van der Waals surface area contributed by atoms with Crippen molar-refractivity contribution >= 4 is 11.5 Å². The van der Waals surface area contributed by atoms with Gasteiger partial charge in [-0.25, -0.2) is 0 Å². The summed E-state index contributed by atoms with van der Waals surface area (Å²) in [7, 11) is 1.49. The molecule has 0 fully saturated rings. The van der Waals surface area contributed by atoms with Crippen molar-refractivity contribution in [3.8, 4) is 5.75 Å². The lowest BCUT2D eigenvalue weighted by Crippen LogP contribution is -2.49. The number of rotatable bonds is 3. The van der Waals surface area contributed by atoms with Gasteiger partial charge >= 0.3 is 0 Å². The molecule has 0 saturated carbocycles. The molecule has 0 radical (unpaired) electrons. The van der Waals surface area contributed by atoms with E-state index in [0.717, 1.165) is 0 Å². The standard InChI is InChI=1S/C12H13NO5/c1-12(7-17-2)11(14)6-8-5-9(13(15)16)3-4-10(8)18-12/h3-5H,6-7H2,1-2H3. The van der Waals surface area contributed by atoms with Crippen LogP contribution in [-0.4, -0.2) is 30.0 Å². The predicted molar refractivity (Wildman–Crippen MR) is 62.7 cm³/mol. The van der Waals surface area contributed by atoms with Crippen molar-refractivity contribution < 1.29 is 19.2 Å². The molecule has 1 aromatic rings. The minimum atomic E-state index is -1.02. The number of nitro groups is 1. The highest BCUT2D eigenvalue weighted by Gasteiger charge is 2.40. The van der Waals surface area contributed by atoms with Crippen molar-refractivity contribution in [1.29, 1.82) is 0 Å². The number of non-ortho nitro benzene ring substituents is 1. The fourth-order valence-corrected chi connectivity index (χ4v) is 1.96. The van der Waals surface area contributed by atoms with E-state index in [-0.39, 0.29) is 24.5 Å². The molecule has 0 bridgehead atoms. The number of carbonyl (C=O) groups is 1. The topological polar surface area (TPSA) is 78.7 Å². The minimum Gasteiger partial charge on any atom is -0.477 e. The first kappa shape index (κ1) is 12.5. The van der Waals surface area contributed by atoms with E-state index in [4.69, 9.17) is 9.47 Å². The smallest absolute Gasteiger partial charge is 0.269 e. The molecule has 18 heavy (non-hydrogen) atoms. The monoisotopic (exact) mass is 251 g/mol. The van der Waals surface area contributed by atoms with Crippen molar-refractivity contribution in [2.24, 2.45) is 0 Å². The highest BCUT2D eigenvalue weighted by molar-refractivity contribution is 5.91. The van der Waals surface area contributed by atoms with E-state index in [1.165, 1.54) is 25.3 Å². The van der Waals surface area contributed by atoms with Crippen LogP contribution in [0.5, 0.6) is 5.75 Å². The number of hydrogen-bond donors (Lipinski definition) is 0. The van der Waals surface area contributed by atoms with Gasteiger partial charge in [0.1, 0.15) is 5.75 Å². The maximum absolute atomic E-state index is 12.0. The molecule has 1 unspecified atom stereocenters. The number of ether oxygens (including phenoxy) is 2. The van der Waals surface area contributed by atoms with Gasteiger partial charge in [-0.2, -0.15) is 0 Å². The Hall–Kier alpha value is -1.95. The van der Waals surface area contributed by atoms with Gasteiger partial charge in [-0.15, -0.1) is 0 Å². The van der Waals surface area contributed by atoms with Crippen LogP contribution in [0.3, 0.4) is 0 Å². The average molecular weight is 251 g/mol. The molecule has 0 amide bonds. The largest absolute Gasteiger partial charge is 0.477 e. The lowest BCUT2D eigenvalue weighted by atomic mass is 9.91. The molecular weight excluding hydrogens is 238 g/mol. The fourth-order valence-electron chi connectivity index (χ4n) is 1.96. The van der Waals surface area contributed by atoms with E-state index in [0.29, 0.717) is 11.3 Å². The molecule has 6 nitrogen and oxygen atoms in total. The van der Waals surface area contributed by atoms with Gasteiger partial charge in [0.05, 0.1) is 11.5 Å². The summed E-state index contributed by atoms with van der Waals surface area (Å²) in [5, 5.41) is 10.7. The van der Waals surface area contributed by atoms with Crippen molar-refractivity contribution in [3.05, 3.63) is 33.9 Å². The van der Waals surface area contributed by atoms with Crippen molar-refractivity contribution in [2.75, 3.05) is 13.7 Å². The van der Waals surface area contributed by atoms with Crippen molar-refractivity contribution in [3.63, 3.8) is 0 Å². The van der Waals surface area contributed by atoms with E-state index in [1.807, 2.05) is 0 Å². The predicted octanol–water partition coefficient (Wildman–Crippen LogP) is 1.50. The highest BCUT2D eigenvalue weighted by Crippen LogP contribution is 2.33. The molecule has 0 saturated heterocycles. The quantitative estimate of drug-likeness (QED) is 0.601. The second-order valence-electron chi connectivity index (χ2n) is 4.42. The number of nitrogens with zero attached hydrogens (tertiary/aromatic N) is 1. The number of ketones is 1. The number of benzene rings is 1. The van der Waals surface area contributed by atoms with Gasteiger partial charge < -0.3 is 9.47 Å². The molecular formula is C12H13NO5. The maximum atomic E-state index is 12.0. The third kappa shape index (κ3) is 2.06. The molecule has 0 N–H and O–H groups in total. The molecule has 0 aliphatic carbocycles. The van der Waals surface area contributed by atoms with Gasteiger partial charge in [-0.1, -0.05) is 0 Å². The van der Waals surface area contributed by atoms with E-state index < -0.39 is 10.5 Å². The summed E-state index contributed by atoms with van der Waals surface area (Å²) < 4.78 is 10.6.